The maximum Gasteiger partial charge on any atom is 0.294 e. The normalized spacial score (nSPS) is 10.5. The molecule has 0 atom stereocenters. The summed E-state index contributed by atoms with van der Waals surface area (Å²) < 4.78 is 34.7. The van der Waals surface area contributed by atoms with Gasteiger partial charge >= 0.3 is 0 Å². The van der Waals surface area contributed by atoms with Crippen LogP contribution in [0, 0.1) is 6.92 Å². The molecule has 0 aliphatic heterocycles. The lowest BCUT2D eigenvalue weighted by atomic mass is 10.2. The van der Waals surface area contributed by atoms with Crippen LogP contribution >= 0.6 is 0 Å². The molecular weight excluding hydrogens is 228 g/mol. The van der Waals surface area contributed by atoms with Gasteiger partial charge in [0.15, 0.2) is 0 Å². The predicted octanol–water partition coefficient (Wildman–Crippen LogP) is 2.28. The van der Waals surface area contributed by atoms with Crippen LogP contribution < -0.4 is 0 Å². The van der Waals surface area contributed by atoms with Crippen molar-refractivity contribution in [3.63, 3.8) is 0 Å². The lowest BCUT2D eigenvalue weighted by Gasteiger charge is -1.99. The highest BCUT2D eigenvalue weighted by Gasteiger charge is 2.10. The van der Waals surface area contributed by atoms with E-state index in [9.17, 15) is 8.42 Å². The maximum atomic E-state index is 10.6. The van der Waals surface area contributed by atoms with E-state index in [1.54, 1.807) is 25.1 Å². The van der Waals surface area contributed by atoms with E-state index in [-0.39, 0.29) is 4.90 Å². The van der Waals surface area contributed by atoms with Gasteiger partial charge < -0.3 is 4.74 Å². The number of ether oxygens (including phenoxy) is 1. The smallest absolute Gasteiger partial charge is 0.294 e. The third kappa shape index (κ3) is 5.85. The summed E-state index contributed by atoms with van der Waals surface area (Å²) in [7, 11) is -4.03. The molecule has 0 aliphatic rings. The fraction of sp³-hybridized carbons (Fsp3) is 0.455. The summed E-state index contributed by atoms with van der Waals surface area (Å²) in [5, 5.41) is 0. The van der Waals surface area contributed by atoms with Crippen LogP contribution in [-0.2, 0) is 14.9 Å². The Balaban J connectivity index is 0.000000385. The zero-order valence-electron chi connectivity index (χ0n) is 9.80. The monoisotopic (exact) mass is 246 g/mol. The van der Waals surface area contributed by atoms with Crippen molar-refractivity contribution in [2.24, 2.45) is 0 Å². The molecule has 0 unspecified atom stereocenters. The van der Waals surface area contributed by atoms with E-state index in [2.05, 4.69) is 0 Å². The molecule has 1 rings (SSSR count). The van der Waals surface area contributed by atoms with Crippen molar-refractivity contribution in [3.05, 3.63) is 29.8 Å². The highest BCUT2D eigenvalue weighted by atomic mass is 32.2. The fourth-order valence-corrected chi connectivity index (χ4v) is 1.78. The van der Waals surface area contributed by atoms with E-state index in [0.717, 1.165) is 13.2 Å². The Kier molecular flexibility index (Phi) is 6.96. The average Bonchev–Trinajstić information content (AvgIpc) is 2.19. The largest absolute Gasteiger partial charge is 0.382 e. The summed E-state index contributed by atoms with van der Waals surface area (Å²) >= 11 is 0. The molecule has 0 amide bonds. The van der Waals surface area contributed by atoms with Crippen LogP contribution in [0.2, 0.25) is 0 Å². The molecule has 92 valence electrons. The van der Waals surface area contributed by atoms with E-state index in [1.807, 2.05) is 13.8 Å². The molecule has 4 nitrogen and oxygen atoms in total. The first-order valence-corrected chi connectivity index (χ1v) is 6.48. The lowest BCUT2D eigenvalue weighted by molar-refractivity contribution is 0.162. The quantitative estimate of drug-likeness (QED) is 0.831. The van der Waals surface area contributed by atoms with E-state index >= 15 is 0 Å². The molecule has 1 aromatic rings. The van der Waals surface area contributed by atoms with E-state index < -0.39 is 10.1 Å². The first-order chi connectivity index (χ1) is 7.43. The van der Waals surface area contributed by atoms with Gasteiger partial charge in [-0.2, -0.15) is 8.42 Å². The van der Waals surface area contributed by atoms with Gasteiger partial charge in [0.1, 0.15) is 0 Å². The Labute approximate surface area is 97.0 Å². The van der Waals surface area contributed by atoms with Crippen molar-refractivity contribution in [2.75, 3.05) is 13.2 Å². The minimum Gasteiger partial charge on any atom is -0.382 e. The Bertz CT molecular complexity index is 396. The topological polar surface area (TPSA) is 63.6 Å². The van der Waals surface area contributed by atoms with E-state index in [0.29, 0.717) is 5.56 Å². The third-order valence-electron chi connectivity index (χ3n) is 1.78. The molecule has 0 spiro atoms. The number of rotatable bonds is 3. The van der Waals surface area contributed by atoms with Crippen LogP contribution in [0.1, 0.15) is 19.4 Å². The number of benzene rings is 1. The van der Waals surface area contributed by atoms with E-state index in [1.165, 1.54) is 6.07 Å². The van der Waals surface area contributed by atoms with Crippen molar-refractivity contribution in [1.29, 1.82) is 0 Å². The predicted molar refractivity (Wildman–Crippen MR) is 63.2 cm³/mol. The summed E-state index contributed by atoms with van der Waals surface area (Å²) in [5.74, 6) is 0. The van der Waals surface area contributed by atoms with Crippen LogP contribution in [0.4, 0.5) is 0 Å². The van der Waals surface area contributed by atoms with Crippen molar-refractivity contribution < 1.29 is 17.7 Å². The molecule has 0 bridgehead atoms. The molecule has 0 saturated carbocycles. The van der Waals surface area contributed by atoms with Gasteiger partial charge in [-0.25, -0.2) is 0 Å². The first kappa shape index (κ1) is 15.1. The van der Waals surface area contributed by atoms with Gasteiger partial charge in [-0.1, -0.05) is 18.2 Å². The van der Waals surface area contributed by atoms with Crippen LogP contribution in [0.25, 0.3) is 0 Å². The minimum atomic E-state index is -4.03. The highest BCUT2D eigenvalue weighted by Crippen LogP contribution is 2.12. The molecule has 0 aliphatic carbocycles. The maximum absolute atomic E-state index is 10.6. The van der Waals surface area contributed by atoms with Gasteiger partial charge in [-0.3, -0.25) is 4.55 Å². The summed E-state index contributed by atoms with van der Waals surface area (Å²) in [4.78, 5) is -0.0278. The second-order valence-corrected chi connectivity index (χ2v) is 4.41. The SMILES string of the molecule is CCOCC.Cc1ccccc1S(=O)(=O)O. The van der Waals surface area contributed by atoms with Crippen LogP contribution in [0.5, 0.6) is 0 Å². The summed E-state index contributed by atoms with van der Waals surface area (Å²) in [6, 6.07) is 6.27. The third-order valence-corrected chi connectivity index (χ3v) is 2.79. The summed E-state index contributed by atoms with van der Waals surface area (Å²) in [5.41, 5.74) is 0.551. The fourth-order valence-electron chi connectivity index (χ4n) is 1.05. The summed E-state index contributed by atoms with van der Waals surface area (Å²) in [6.45, 7) is 7.29. The molecular formula is C11H18O4S. The van der Waals surface area contributed by atoms with Crippen LogP contribution in [0.15, 0.2) is 29.2 Å². The second kappa shape index (κ2) is 7.38. The van der Waals surface area contributed by atoms with Crippen molar-refractivity contribution in [3.8, 4) is 0 Å². The standard InChI is InChI=1S/C7H8O3S.C4H10O/c1-6-4-2-3-5-7(6)11(8,9)10;1-3-5-4-2/h2-5H,1H3,(H,8,9,10);3-4H2,1-2H3. The molecule has 16 heavy (non-hydrogen) atoms. The zero-order chi connectivity index (χ0) is 12.6. The molecule has 0 heterocycles. The number of hydrogen-bond donors (Lipinski definition) is 1. The van der Waals surface area contributed by atoms with Crippen LogP contribution in [-0.4, -0.2) is 26.2 Å². The van der Waals surface area contributed by atoms with Gasteiger partial charge in [-0.05, 0) is 32.4 Å². The number of hydrogen-bond acceptors (Lipinski definition) is 3. The van der Waals surface area contributed by atoms with Gasteiger partial charge in [-0.15, -0.1) is 0 Å². The first-order valence-electron chi connectivity index (χ1n) is 5.04. The molecule has 0 saturated heterocycles. The highest BCUT2D eigenvalue weighted by molar-refractivity contribution is 7.85. The Morgan fingerprint density at radius 1 is 1.19 bits per heavy atom. The Morgan fingerprint density at radius 3 is 1.94 bits per heavy atom. The molecule has 0 radical (unpaired) electrons. The number of aryl methyl sites for hydroxylation is 1. The van der Waals surface area contributed by atoms with Crippen LogP contribution in [0.3, 0.4) is 0 Å². The van der Waals surface area contributed by atoms with Gasteiger partial charge in [0.2, 0.25) is 0 Å². The Hall–Kier alpha value is -0.910. The molecule has 5 heteroatoms. The van der Waals surface area contributed by atoms with Crippen molar-refractivity contribution >= 4 is 10.1 Å². The molecule has 1 aromatic carbocycles. The van der Waals surface area contributed by atoms with Gasteiger partial charge in [0.25, 0.3) is 10.1 Å². The van der Waals surface area contributed by atoms with E-state index in [4.69, 9.17) is 9.29 Å². The molecule has 0 fully saturated rings. The molecule has 0 aromatic heterocycles. The minimum absolute atomic E-state index is 0.0278. The van der Waals surface area contributed by atoms with Crippen molar-refractivity contribution in [2.45, 2.75) is 25.7 Å². The summed E-state index contributed by atoms with van der Waals surface area (Å²) in [6.07, 6.45) is 0. The molecule has 1 N–H and O–H groups in total. The second-order valence-electron chi connectivity index (χ2n) is 3.02. The average molecular weight is 246 g/mol. The lowest BCUT2D eigenvalue weighted by Crippen LogP contribution is -1.99. The Morgan fingerprint density at radius 2 is 1.69 bits per heavy atom. The van der Waals surface area contributed by atoms with Crippen molar-refractivity contribution in [1.82, 2.24) is 0 Å². The zero-order valence-corrected chi connectivity index (χ0v) is 10.6. The van der Waals surface area contributed by atoms with Gasteiger partial charge in [0.05, 0.1) is 4.90 Å². The van der Waals surface area contributed by atoms with Gasteiger partial charge in [0, 0.05) is 13.2 Å².